The first-order valence-electron chi connectivity index (χ1n) is 8.62. The summed E-state index contributed by atoms with van der Waals surface area (Å²) in [5.41, 5.74) is 1.75. The van der Waals surface area contributed by atoms with Gasteiger partial charge in [0.25, 0.3) is 0 Å². The van der Waals surface area contributed by atoms with E-state index >= 15 is 0 Å². The number of benzene rings is 2. The summed E-state index contributed by atoms with van der Waals surface area (Å²) in [4.78, 5) is 16.2. The van der Waals surface area contributed by atoms with Crippen molar-refractivity contribution in [3.63, 3.8) is 0 Å². The molecule has 0 saturated carbocycles. The number of nitrogens with zero attached hydrogens (tertiary/aromatic N) is 2. The maximum atomic E-state index is 12.9. The van der Waals surface area contributed by atoms with Crippen LogP contribution in [0.15, 0.2) is 53.1 Å². The number of halogens is 1. The largest absolute Gasteiger partial charge is 0.497 e. The molecule has 2 aromatic carbocycles. The second-order valence-electron chi connectivity index (χ2n) is 5.97. The van der Waals surface area contributed by atoms with E-state index in [1.807, 2.05) is 24.3 Å². The molecule has 0 saturated heterocycles. The number of methoxy groups -OCH3 is 1. The summed E-state index contributed by atoms with van der Waals surface area (Å²) in [5, 5.41) is 6.71. The van der Waals surface area contributed by atoms with Crippen LogP contribution in [0, 0.1) is 5.82 Å². The molecule has 1 N–H and O–H groups in total. The van der Waals surface area contributed by atoms with Crippen molar-refractivity contribution in [2.45, 2.75) is 19.3 Å². The van der Waals surface area contributed by atoms with E-state index in [9.17, 15) is 9.18 Å². The maximum absolute atomic E-state index is 12.9. The molecular weight excluding hydrogens is 349 g/mol. The van der Waals surface area contributed by atoms with Gasteiger partial charge >= 0.3 is 0 Å². The van der Waals surface area contributed by atoms with Crippen LogP contribution in [-0.2, 0) is 17.6 Å². The van der Waals surface area contributed by atoms with E-state index in [1.165, 1.54) is 12.1 Å². The molecule has 0 spiro atoms. The van der Waals surface area contributed by atoms with Crippen LogP contribution in [0.2, 0.25) is 0 Å². The van der Waals surface area contributed by atoms with Crippen LogP contribution < -0.4 is 10.1 Å². The number of carbonyl (C=O) groups is 1. The summed E-state index contributed by atoms with van der Waals surface area (Å²) >= 11 is 0. The molecule has 1 aromatic heterocycles. The van der Waals surface area contributed by atoms with Gasteiger partial charge in [-0.1, -0.05) is 17.3 Å². The normalized spacial score (nSPS) is 10.6. The van der Waals surface area contributed by atoms with Crippen molar-refractivity contribution in [1.29, 1.82) is 0 Å². The molecule has 0 aliphatic carbocycles. The minimum Gasteiger partial charge on any atom is -0.497 e. The van der Waals surface area contributed by atoms with E-state index in [2.05, 4.69) is 15.5 Å². The Kier molecular flexibility index (Phi) is 6.14. The number of rotatable bonds is 8. The van der Waals surface area contributed by atoms with Gasteiger partial charge in [-0.2, -0.15) is 4.98 Å². The molecule has 6 nitrogen and oxygen atoms in total. The van der Waals surface area contributed by atoms with Crippen LogP contribution in [-0.4, -0.2) is 29.7 Å². The molecule has 1 amide bonds. The van der Waals surface area contributed by atoms with Crippen molar-refractivity contribution < 1.29 is 18.4 Å². The van der Waals surface area contributed by atoms with Crippen molar-refractivity contribution in [3.05, 3.63) is 65.8 Å². The Labute approximate surface area is 156 Å². The third-order valence-corrected chi connectivity index (χ3v) is 4.03. The summed E-state index contributed by atoms with van der Waals surface area (Å²) in [5.74, 6) is 1.26. The van der Waals surface area contributed by atoms with Gasteiger partial charge in [-0.05, 0) is 48.4 Å². The Balaban J connectivity index is 1.41. The first kappa shape index (κ1) is 18.6. The van der Waals surface area contributed by atoms with Crippen LogP contribution in [0.3, 0.4) is 0 Å². The molecule has 7 heteroatoms. The summed E-state index contributed by atoms with van der Waals surface area (Å²) in [6.45, 7) is 0.409. The SMILES string of the molecule is COc1ccc(CCC(=O)NCCc2nc(-c3ccc(F)cc3)no2)cc1. The minimum absolute atomic E-state index is 0.0379. The van der Waals surface area contributed by atoms with E-state index in [0.717, 1.165) is 11.3 Å². The van der Waals surface area contributed by atoms with Crippen molar-refractivity contribution in [3.8, 4) is 17.1 Å². The fourth-order valence-corrected chi connectivity index (χ4v) is 2.52. The van der Waals surface area contributed by atoms with E-state index in [4.69, 9.17) is 9.26 Å². The molecule has 1 heterocycles. The third-order valence-electron chi connectivity index (χ3n) is 4.03. The van der Waals surface area contributed by atoms with Gasteiger partial charge in [-0.25, -0.2) is 4.39 Å². The number of hydrogen-bond acceptors (Lipinski definition) is 5. The minimum atomic E-state index is -0.320. The summed E-state index contributed by atoms with van der Waals surface area (Å²) in [6.07, 6.45) is 1.49. The second kappa shape index (κ2) is 8.93. The molecule has 0 bridgehead atoms. The van der Waals surface area contributed by atoms with Gasteiger partial charge in [0.1, 0.15) is 11.6 Å². The molecule has 0 unspecified atom stereocenters. The fraction of sp³-hybridized carbons (Fsp3) is 0.250. The molecular formula is C20H20FN3O3. The average Bonchev–Trinajstić information content (AvgIpc) is 3.16. The molecule has 0 fully saturated rings. The smallest absolute Gasteiger partial charge is 0.228 e. The van der Waals surface area contributed by atoms with Crippen LogP contribution in [0.4, 0.5) is 4.39 Å². The maximum Gasteiger partial charge on any atom is 0.228 e. The first-order chi connectivity index (χ1) is 13.1. The molecule has 140 valence electrons. The predicted octanol–water partition coefficient (Wildman–Crippen LogP) is 3.18. The van der Waals surface area contributed by atoms with Gasteiger partial charge < -0.3 is 14.6 Å². The van der Waals surface area contributed by atoms with Gasteiger partial charge in [0.2, 0.25) is 17.6 Å². The number of nitrogens with one attached hydrogen (secondary N) is 1. The standard InChI is InChI=1S/C20H20FN3O3/c1-26-17-9-2-14(3-10-17)4-11-18(25)22-13-12-19-23-20(24-27-19)15-5-7-16(21)8-6-15/h2-3,5-10H,4,11-13H2,1H3,(H,22,25). The molecule has 27 heavy (non-hydrogen) atoms. The highest BCUT2D eigenvalue weighted by molar-refractivity contribution is 5.76. The molecule has 3 rings (SSSR count). The Morgan fingerprint density at radius 3 is 2.56 bits per heavy atom. The lowest BCUT2D eigenvalue weighted by Crippen LogP contribution is -2.25. The molecule has 3 aromatic rings. The van der Waals surface area contributed by atoms with Gasteiger partial charge in [0.05, 0.1) is 7.11 Å². The zero-order valence-electron chi connectivity index (χ0n) is 14.9. The molecule has 0 radical (unpaired) electrons. The molecule has 0 aliphatic rings. The number of amides is 1. The van der Waals surface area contributed by atoms with Crippen LogP contribution >= 0.6 is 0 Å². The highest BCUT2D eigenvalue weighted by atomic mass is 19.1. The summed E-state index contributed by atoms with van der Waals surface area (Å²) in [7, 11) is 1.62. The van der Waals surface area contributed by atoms with E-state index in [-0.39, 0.29) is 11.7 Å². The molecule has 0 atom stereocenters. The van der Waals surface area contributed by atoms with Gasteiger partial charge in [-0.3, -0.25) is 4.79 Å². The van der Waals surface area contributed by atoms with Crippen LogP contribution in [0.1, 0.15) is 17.9 Å². The molecule has 0 aliphatic heterocycles. The average molecular weight is 369 g/mol. The predicted molar refractivity (Wildman–Crippen MR) is 97.7 cm³/mol. The number of carbonyl (C=O) groups excluding carboxylic acids is 1. The van der Waals surface area contributed by atoms with Crippen molar-refractivity contribution >= 4 is 5.91 Å². The quantitative estimate of drug-likeness (QED) is 0.660. The highest BCUT2D eigenvalue weighted by Crippen LogP contribution is 2.16. The van der Waals surface area contributed by atoms with Gasteiger partial charge in [0.15, 0.2) is 0 Å². The summed E-state index contributed by atoms with van der Waals surface area (Å²) in [6, 6.07) is 13.5. The lowest BCUT2D eigenvalue weighted by molar-refractivity contribution is -0.121. The fourth-order valence-electron chi connectivity index (χ4n) is 2.52. The van der Waals surface area contributed by atoms with Crippen LogP contribution in [0.25, 0.3) is 11.4 Å². The lowest BCUT2D eigenvalue weighted by atomic mass is 10.1. The van der Waals surface area contributed by atoms with E-state index in [1.54, 1.807) is 19.2 Å². The number of hydrogen-bond donors (Lipinski definition) is 1. The third kappa shape index (κ3) is 5.37. The zero-order valence-corrected chi connectivity index (χ0v) is 14.9. The first-order valence-corrected chi connectivity index (χ1v) is 8.62. The Morgan fingerprint density at radius 1 is 1.11 bits per heavy atom. The van der Waals surface area contributed by atoms with Crippen molar-refractivity contribution in [1.82, 2.24) is 15.5 Å². The number of aromatic nitrogens is 2. The Hall–Kier alpha value is -3.22. The van der Waals surface area contributed by atoms with Crippen molar-refractivity contribution in [2.75, 3.05) is 13.7 Å². The monoisotopic (exact) mass is 369 g/mol. The van der Waals surface area contributed by atoms with Gasteiger partial charge in [0, 0.05) is 24.9 Å². The highest BCUT2D eigenvalue weighted by Gasteiger charge is 2.09. The lowest BCUT2D eigenvalue weighted by Gasteiger charge is -2.05. The number of aryl methyl sites for hydroxylation is 1. The Bertz CT molecular complexity index is 876. The topological polar surface area (TPSA) is 77.2 Å². The second-order valence-corrected chi connectivity index (χ2v) is 5.97. The van der Waals surface area contributed by atoms with Crippen molar-refractivity contribution in [2.24, 2.45) is 0 Å². The Morgan fingerprint density at radius 2 is 1.85 bits per heavy atom. The van der Waals surface area contributed by atoms with E-state index in [0.29, 0.717) is 43.1 Å². The van der Waals surface area contributed by atoms with Gasteiger partial charge in [-0.15, -0.1) is 0 Å². The van der Waals surface area contributed by atoms with Crippen LogP contribution in [0.5, 0.6) is 5.75 Å². The zero-order chi connectivity index (χ0) is 19.1. The number of ether oxygens (including phenoxy) is 1. The summed E-state index contributed by atoms with van der Waals surface area (Å²) < 4.78 is 23.2. The van der Waals surface area contributed by atoms with E-state index < -0.39 is 0 Å².